The number of unbranched alkanes of at least 4 members (excludes halogenated alkanes) is 6. The van der Waals surface area contributed by atoms with E-state index >= 15 is 0 Å². The van der Waals surface area contributed by atoms with E-state index < -0.39 is 0 Å². The highest BCUT2D eigenvalue weighted by Gasteiger charge is 2.20. The monoisotopic (exact) mass is 543 g/mol. The number of carbonyl (C=O) groups excluding carboxylic acids is 2. The average Bonchev–Trinajstić information content (AvgIpc) is 3.51. The fraction of sp³-hybridized carbons (Fsp3) is 0.556. The molecule has 1 fully saturated rings. The molecule has 4 heteroatoms. The quantitative estimate of drug-likeness (QED) is 0.121. The van der Waals surface area contributed by atoms with E-state index in [1.54, 1.807) is 0 Å². The summed E-state index contributed by atoms with van der Waals surface area (Å²) in [6.07, 6.45) is 16.5. The van der Waals surface area contributed by atoms with Gasteiger partial charge in [0.1, 0.15) is 0 Å². The van der Waals surface area contributed by atoms with Gasteiger partial charge in [-0.05, 0) is 54.0 Å². The first-order valence-corrected chi connectivity index (χ1v) is 15.6. The summed E-state index contributed by atoms with van der Waals surface area (Å²) in [5.41, 5.74) is 4.37. The Hall–Kier alpha value is -3.06. The molecule has 0 radical (unpaired) electrons. The maximum Gasteiger partial charge on any atom is 0.305 e. The molecule has 2 aromatic carbocycles. The molecule has 0 atom stereocenters. The third kappa shape index (κ3) is 12.0. The number of hydrogen-bond donors (Lipinski definition) is 0. The summed E-state index contributed by atoms with van der Waals surface area (Å²) in [4.78, 5) is 26.9. The van der Waals surface area contributed by atoms with Crippen molar-refractivity contribution < 1.29 is 14.3 Å². The highest BCUT2D eigenvalue weighted by molar-refractivity contribution is 5.76. The number of nitrogens with zero attached hydrogens (tertiary/aromatic N) is 1. The number of esters is 1. The van der Waals surface area contributed by atoms with Crippen molar-refractivity contribution in [3.05, 3.63) is 70.8 Å². The van der Waals surface area contributed by atoms with Gasteiger partial charge >= 0.3 is 5.97 Å². The second kappa shape index (κ2) is 18.3. The average molecular weight is 544 g/mol. The lowest BCUT2D eigenvalue weighted by molar-refractivity contribution is -0.140. The van der Waals surface area contributed by atoms with Gasteiger partial charge < -0.3 is 9.64 Å². The first-order chi connectivity index (χ1) is 19.6. The third-order valence-electron chi connectivity index (χ3n) is 8.05. The summed E-state index contributed by atoms with van der Waals surface area (Å²) in [6, 6.07) is 16.7. The lowest BCUT2D eigenvalue weighted by atomic mass is 10.0. The Kier molecular flexibility index (Phi) is 14.4. The topological polar surface area (TPSA) is 46.6 Å². The van der Waals surface area contributed by atoms with E-state index in [4.69, 9.17) is 4.74 Å². The van der Waals surface area contributed by atoms with Gasteiger partial charge in [-0.1, -0.05) is 113 Å². The van der Waals surface area contributed by atoms with Crippen LogP contribution in [-0.2, 0) is 33.8 Å². The minimum absolute atomic E-state index is 0.196. The fourth-order valence-corrected chi connectivity index (χ4v) is 5.47. The van der Waals surface area contributed by atoms with Crippen LogP contribution in [0.3, 0.4) is 0 Å². The zero-order valence-corrected chi connectivity index (χ0v) is 24.9. The van der Waals surface area contributed by atoms with Crippen LogP contribution in [-0.4, -0.2) is 23.9 Å². The predicted octanol–water partition coefficient (Wildman–Crippen LogP) is 8.39. The van der Waals surface area contributed by atoms with Crippen LogP contribution in [0.4, 0.5) is 0 Å². The number of hydrogen-bond acceptors (Lipinski definition) is 3. The van der Waals surface area contributed by atoms with E-state index in [1.807, 2.05) is 4.90 Å². The summed E-state index contributed by atoms with van der Waals surface area (Å²) < 4.78 is 4.75. The van der Waals surface area contributed by atoms with Crippen molar-refractivity contribution in [1.82, 2.24) is 4.90 Å². The lowest BCUT2D eigenvalue weighted by Gasteiger charge is -2.24. The van der Waals surface area contributed by atoms with E-state index in [9.17, 15) is 9.59 Å². The maximum atomic E-state index is 13.4. The molecule has 4 nitrogen and oxygen atoms in total. The number of aryl methyl sites for hydroxylation is 1. The van der Waals surface area contributed by atoms with Gasteiger partial charge in [0.05, 0.1) is 7.11 Å². The molecule has 1 aliphatic rings. The molecule has 0 heterocycles. The maximum absolute atomic E-state index is 13.4. The van der Waals surface area contributed by atoms with Crippen molar-refractivity contribution in [1.29, 1.82) is 0 Å². The van der Waals surface area contributed by atoms with Gasteiger partial charge in [-0.25, -0.2) is 0 Å². The molecule has 1 aliphatic carbocycles. The number of rotatable bonds is 16. The van der Waals surface area contributed by atoms with Crippen LogP contribution in [0.2, 0.25) is 0 Å². The number of ether oxygens (including phenoxy) is 1. The minimum atomic E-state index is -0.196. The van der Waals surface area contributed by atoms with Gasteiger partial charge in [-0.3, -0.25) is 9.59 Å². The Balaban J connectivity index is 1.57. The molecule has 3 rings (SSSR count). The smallest absolute Gasteiger partial charge is 0.305 e. The van der Waals surface area contributed by atoms with E-state index in [2.05, 4.69) is 67.3 Å². The Morgan fingerprint density at radius 1 is 0.825 bits per heavy atom. The van der Waals surface area contributed by atoms with Crippen LogP contribution >= 0.6 is 0 Å². The van der Waals surface area contributed by atoms with Crippen molar-refractivity contribution >= 4 is 11.9 Å². The van der Waals surface area contributed by atoms with Crippen LogP contribution in [0.25, 0.3) is 0 Å². The van der Waals surface area contributed by atoms with Gasteiger partial charge in [0.25, 0.3) is 0 Å². The first kappa shape index (κ1) is 31.5. The largest absolute Gasteiger partial charge is 0.469 e. The molecule has 0 unspecified atom stereocenters. The molecule has 0 bridgehead atoms. The molecule has 0 aromatic heterocycles. The molecule has 216 valence electrons. The Morgan fingerprint density at radius 3 is 2.08 bits per heavy atom. The second-order valence-corrected chi connectivity index (χ2v) is 11.3. The molecule has 1 amide bonds. The molecule has 1 saturated carbocycles. The van der Waals surface area contributed by atoms with Gasteiger partial charge in [0, 0.05) is 37.9 Å². The highest BCUT2D eigenvalue weighted by atomic mass is 16.5. The SMILES string of the molecule is CCCCCCCCC#Cc1ccc(CN(Cc2ccc(CCC(=O)OC)cc2)C(=O)CCC2CCCC2)cc1. The van der Waals surface area contributed by atoms with Gasteiger partial charge in [-0.2, -0.15) is 0 Å². The zero-order valence-electron chi connectivity index (χ0n) is 24.9. The molecule has 40 heavy (non-hydrogen) atoms. The zero-order chi connectivity index (χ0) is 28.4. The lowest BCUT2D eigenvalue weighted by Crippen LogP contribution is -2.30. The van der Waals surface area contributed by atoms with Crippen LogP contribution in [0.15, 0.2) is 48.5 Å². The Labute approximate surface area is 242 Å². The van der Waals surface area contributed by atoms with Gasteiger partial charge in [0.15, 0.2) is 0 Å². The van der Waals surface area contributed by atoms with Crippen molar-refractivity contribution in [3.63, 3.8) is 0 Å². The van der Waals surface area contributed by atoms with Gasteiger partial charge in [-0.15, -0.1) is 0 Å². The summed E-state index contributed by atoms with van der Waals surface area (Å²) >= 11 is 0. The number of benzene rings is 2. The fourth-order valence-electron chi connectivity index (χ4n) is 5.47. The van der Waals surface area contributed by atoms with Crippen molar-refractivity contribution in [2.45, 2.75) is 116 Å². The van der Waals surface area contributed by atoms with Crippen LogP contribution in [0.5, 0.6) is 0 Å². The number of methoxy groups -OCH3 is 1. The normalized spacial score (nSPS) is 13.1. The highest BCUT2D eigenvalue weighted by Crippen LogP contribution is 2.29. The molecule has 0 N–H and O–H groups in total. The predicted molar refractivity (Wildman–Crippen MR) is 164 cm³/mol. The van der Waals surface area contributed by atoms with Crippen LogP contribution in [0, 0.1) is 17.8 Å². The minimum Gasteiger partial charge on any atom is -0.469 e. The first-order valence-electron chi connectivity index (χ1n) is 15.6. The van der Waals surface area contributed by atoms with Crippen LogP contribution in [0.1, 0.15) is 119 Å². The molecule has 0 saturated heterocycles. The number of carbonyl (C=O) groups is 2. The van der Waals surface area contributed by atoms with Crippen molar-refractivity contribution in [2.24, 2.45) is 5.92 Å². The van der Waals surface area contributed by atoms with E-state index in [1.165, 1.54) is 71.3 Å². The third-order valence-corrected chi connectivity index (χ3v) is 8.05. The molecular formula is C36H49NO3. The summed E-state index contributed by atoms with van der Waals surface area (Å²) in [7, 11) is 1.42. The Bertz CT molecular complexity index is 1070. The van der Waals surface area contributed by atoms with E-state index in [0.29, 0.717) is 38.3 Å². The molecule has 2 aromatic rings. The molecule has 0 aliphatic heterocycles. The summed E-state index contributed by atoms with van der Waals surface area (Å²) in [5, 5.41) is 0. The standard InChI is InChI=1S/C36H49NO3/c1-3-4-5-6-7-8-9-10-13-31-16-20-33(21-17-31)28-37(35(38)26-24-30-14-11-12-15-30)29-34-22-18-32(19-23-34)25-27-36(39)40-2/h16-23,30H,3-9,11-12,14-15,24-29H2,1-2H3. The van der Waals surface area contributed by atoms with E-state index in [0.717, 1.165) is 35.1 Å². The van der Waals surface area contributed by atoms with Crippen LogP contribution < -0.4 is 0 Å². The van der Waals surface area contributed by atoms with Gasteiger partial charge in [0.2, 0.25) is 5.91 Å². The second-order valence-electron chi connectivity index (χ2n) is 11.3. The van der Waals surface area contributed by atoms with Crippen molar-refractivity contribution in [3.8, 4) is 11.8 Å². The molecule has 0 spiro atoms. The number of amides is 1. The Morgan fingerprint density at radius 2 is 1.43 bits per heavy atom. The summed E-state index contributed by atoms with van der Waals surface area (Å²) in [5.74, 6) is 7.37. The molecular weight excluding hydrogens is 494 g/mol. The van der Waals surface area contributed by atoms with E-state index in [-0.39, 0.29) is 11.9 Å². The summed E-state index contributed by atoms with van der Waals surface area (Å²) in [6.45, 7) is 3.43. The van der Waals surface area contributed by atoms with Crippen molar-refractivity contribution in [2.75, 3.05) is 7.11 Å².